The molecule has 1 aliphatic carbocycles. The maximum atomic E-state index is 12.2. The molecule has 0 saturated heterocycles. The highest BCUT2D eigenvalue weighted by atomic mass is 32.1. The number of amides is 1. The summed E-state index contributed by atoms with van der Waals surface area (Å²) in [5.74, 6) is -0.156. The Morgan fingerprint density at radius 3 is 2.83 bits per heavy atom. The van der Waals surface area contributed by atoms with E-state index in [9.17, 15) is 4.79 Å². The van der Waals surface area contributed by atoms with Crippen LogP contribution in [0.15, 0.2) is 6.20 Å². The van der Waals surface area contributed by atoms with Gasteiger partial charge in [0.15, 0.2) is 5.69 Å². The van der Waals surface area contributed by atoms with Crippen molar-refractivity contribution < 1.29 is 4.79 Å². The molecular formula is C16H23N5OS. The first kappa shape index (κ1) is 16.1. The van der Waals surface area contributed by atoms with Gasteiger partial charge in [-0.05, 0) is 26.7 Å². The predicted molar refractivity (Wildman–Crippen MR) is 89.8 cm³/mol. The third-order valence-electron chi connectivity index (χ3n) is 4.39. The minimum atomic E-state index is -0.156. The van der Waals surface area contributed by atoms with Crippen molar-refractivity contribution in [3.8, 4) is 0 Å². The molecule has 1 saturated carbocycles. The molecule has 0 radical (unpaired) electrons. The second kappa shape index (κ2) is 7.21. The normalized spacial score (nSPS) is 15.7. The lowest BCUT2D eigenvalue weighted by Gasteiger charge is -2.20. The van der Waals surface area contributed by atoms with Crippen LogP contribution in [-0.2, 0) is 6.42 Å². The zero-order valence-electron chi connectivity index (χ0n) is 13.7. The second-order valence-corrected chi connectivity index (χ2v) is 7.42. The summed E-state index contributed by atoms with van der Waals surface area (Å²) in [6, 6.07) is 0.402. The van der Waals surface area contributed by atoms with Crippen molar-refractivity contribution in [2.45, 2.75) is 58.4 Å². The number of carbonyl (C=O) groups is 1. The van der Waals surface area contributed by atoms with E-state index in [1.807, 2.05) is 11.6 Å². The van der Waals surface area contributed by atoms with Gasteiger partial charge in [0.05, 0.1) is 22.9 Å². The largest absolute Gasteiger partial charge is 0.350 e. The molecule has 124 valence electrons. The minimum Gasteiger partial charge on any atom is -0.350 e. The molecule has 0 unspecified atom stereocenters. The summed E-state index contributed by atoms with van der Waals surface area (Å²) in [6.07, 6.45) is 8.57. The zero-order valence-corrected chi connectivity index (χ0v) is 14.5. The van der Waals surface area contributed by atoms with Crippen molar-refractivity contribution in [3.63, 3.8) is 0 Å². The first-order valence-electron chi connectivity index (χ1n) is 8.26. The van der Waals surface area contributed by atoms with E-state index in [2.05, 4.69) is 27.5 Å². The number of nitrogens with one attached hydrogen (secondary N) is 1. The molecule has 0 aliphatic heterocycles. The van der Waals surface area contributed by atoms with Crippen molar-refractivity contribution in [1.29, 1.82) is 0 Å². The SMILES string of the molecule is Cc1nc(CCNC(=O)c2cn(C3CCCCC3)nn2)sc1C. The van der Waals surface area contributed by atoms with Crippen LogP contribution in [0.25, 0.3) is 0 Å². The molecule has 23 heavy (non-hydrogen) atoms. The molecule has 2 aromatic heterocycles. The lowest BCUT2D eigenvalue weighted by Crippen LogP contribution is -2.26. The summed E-state index contributed by atoms with van der Waals surface area (Å²) in [6.45, 7) is 4.65. The molecular weight excluding hydrogens is 310 g/mol. The van der Waals surface area contributed by atoms with Crippen molar-refractivity contribution in [3.05, 3.63) is 27.5 Å². The molecule has 7 heteroatoms. The maximum absolute atomic E-state index is 12.2. The first-order chi connectivity index (χ1) is 11.1. The predicted octanol–water partition coefficient (Wildman–Crippen LogP) is 2.83. The monoisotopic (exact) mass is 333 g/mol. The Morgan fingerprint density at radius 1 is 1.35 bits per heavy atom. The molecule has 3 rings (SSSR count). The van der Waals surface area contributed by atoms with Crippen molar-refractivity contribution >= 4 is 17.2 Å². The molecule has 1 aliphatic rings. The van der Waals surface area contributed by atoms with E-state index in [-0.39, 0.29) is 5.91 Å². The van der Waals surface area contributed by atoms with Gasteiger partial charge in [0.1, 0.15) is 0 Å². The number of rotatable bonds is 5. The molecule has 0 spiro atoms. The van der Waals surface area contributed by atoms with E-state index < -0.39 is 0 Å². The highest BCUT2D eigenvalue weighted by molar-refractivity contribution is 7.11. The van der Waals surface area contributed by atoms with Gasteiger partial charge in [0.2, 0.25) is 0 Å². The Hall–Kier alpha value is -1.76. The van der Waals surface area contributed by atoms with Gasteiger partial charge in [-0.25, -0.2) is 9.67 Å². The number of thiazole rings is 1. The lowest BCUT2D eigenvalue weighted by molar-refractivity contribution is 0.0949. The van der Waals surface area contributed by atoms with Gasteiger partial charge in [0, 0.05) is 17.8 Å². The summed E-state index contributed by atoms with van der Waals surface area (Å²) < 4.78 is 1.86. The van der Waals surface area contributed by atoms with Crippen LogP contribution in [0.5, 0.6) is 0 Å². The van der Waals surface area contributed by atoms with Gasteiger partial charge in [-0.15, -0.1) is 16.4 Å². The van der Waals surface area contributed by atoms with Crippen LogP contribution in [0.3, 0.4) is 0 Å². The fraction of sp³-hybridized carbons (Fsp3) is 0.625. The number of aromatic nitrogens is 4. The molecule has 2 heterocycles. The number of hydrogen-bond donors (Lipinski definition) is 1. The third kappa shape index (κ3) is 3.96. The molecule has 0 bridgehead atoms. The van der Waals surface area contributed by atoms with Crippen LogP contribution in [0.4, 0.5) is 0 Å². The van der Waals surface area contributed by atoms with Crippen molar-refractivity contribution in [1.82, 2.24) is 25.3 Å². The molecule has 1 N–H and O–H groups in total. The first-order valence-corrected chi connectivity index (χ1v) is 9.08. The number of carbonyl (C=O) groups excluding carboxylic acids is 1. The fourth-order valence-electron chi connectivity index (χ4n) is 2.92. The fourth-order valence-corrected chi connectivity index (χ4v) is 3.86. The smallest absolute Gasteiger partial charge is 0.273 e. The average molecular weight is 333 g/mol. The Labute approximate surface area is 140 Å². The summed E-state index contributed by atoms with van der Waals surface area (Å²) in [5.41, 5.74) is 1.48. The third-order valence-corrected chi connectivity index (χ3v) is 5.52. The molecule has 1 amide bonds. The van der Waals surface area contributed by atoms with Crippen LogP contribution >= 0.6 is 11.3 Å². The van der Waals surface area contributed by atoms with E-state index in [0.717, 1.165) is 30.0 Å². The molecule has 2 aromatic rings. The quantitative estimate of drug-likeness (QED) is 0.913. The Morgan fingerprint density at radius 2 is 2.13 bits per heavy atom. The van der Waals surface area contributed by atoms with Crippen LogP contribution in [0, 0.1) is 13.8 Å². The van der Waals surface area contributed by atoms with E-state index in [0.29, 0.717) is 18.3 Å². The summed E-state index contributed by atoms with van der Waals surface area (Å²) in [4.78, 5) is 17.9. The molecule has 6 nitrogen and oxygen atoms in total. The average Bonchev–Trinajstić information content (AvgIpc) is 3.16. The van der Waals surface area contributed by atoms with Gasteiger partial charge in [-0.2, -0.15) is 0 Å². The van der Waals surface area contributed by atoms with Crippen molar-refractivity contribution in [2.75, 3.05) is 6.54 Å². The standard InChI is InChI=1S/C16H23N5OS/c1-11-12(2)23-15(18-11)8-9-17-16(22)14-10-21(20-19-14)13-6-4-3-5-7-13/h10,13H,3-9H2,1-2H3,(H,17,22). The number of hydrogen-bond acceptors (Lipinski definition) is 5. The van der Waals surface area contributed by atoms with Crippen LogP contribution in [0.2, 0.25) is 0 Å². The Balaban J connectivity index is 1.51. The van der Waals surface area contributed by atoms with E-state index in [1.54, 1.807) is 17.5 Å². The van der Waals surface area contributed by atoms with E-state index >= 15 is 0 Å². The van der Waals surface area contributed by atoms with E-state index in [4.69, 9.17) is 0 Å². The number of aryl methyl sites for hydroxylation is 2. The van der Waals surface area contributed by atoms with Crippen molar-refractivity contribution in [2.24, 2.45) is 0 Å². The second-order valence-electron chi connectivity index (χ2n) is 6.13. The maximum Gasteiger partial charge on any atom is 0.273 e. The van der Waals surface area contributed by atoms with Crippen LogP contribution < -0.4 is 5.32 Å². The molecule has 0 atom stereocenters. The van der Waals surface area contributed by atoms with Crippen LogP contribution in [-0.4, -0.2) is 32.4 Å². The Kier molecular flexibility index (Phi) is 5.05. The van der Waals surface area contributed by atoms with Gasteiger partial charge >= 0.3 is 0 Å². The van der Waals surface area contributed by atoms with Gasteiger partial charge < -0.3 is 5.32 Å². The van der Waals surface area contributed by atoms with E-state index in [1.165, 1.54) is 24.1 Å². The minimum absolute atomic E-state index is 0.156. The van der Waals surface area contributed by atoms with Crippen LogP contribution in [0.1, 0.15) is 64.2 Å². The van der Waals surface area contributed by atoms with Gasteiger partial charge in [-0.1, -0.05) is 24.5 Å². The number of nitrogens with zero attached hydrogens (tertiary/aromatic N) is 4. The van der Waals surface area contributed by atoms with Gasteiger partial charge in [0.25, 0.3) is 5.91 Å². The highest BCUT2D eigenvalue weighted by Gasteiger charge is 2.18. The topological polar surface area (TPSA) is 72.7 Å². The molecule has 1 fully saturated rings. The van der Waals surface area contributed by atoms with Gasteiger partial charge in [-0.3, -0.25) is 4.79 Å². The zero-order chi connectivity index (χ0) is 16.2. The highest BCUT2D eigenvalue weighted by Crippen LogP contribution is 2.27. The summed E-state index contributed by atoms with van der Waals surface area (Å²) >= 11 is 1.69. The summed E-state index contributed by atoms with van der Waals surface area (Å²) in [5, 5.41) is 12.1. The summed E-state index contributed by atoms with van der Waals surface area (Å²) in [7, 11) is 0. The lowest BCUT2D eigenvalue weighted by atomic mass is 9.96. The Bertz CT molecular complexity index is 652. The molecule has 0 aromatic carbocycles.